The Labute approximate surface area is 104 Å². The Morgan fingerprint density at radius 3 is 2.89 bits per heavy atom. The smallest absolute Gasteiger partial charge is 0.232 e. The van der Waals surface area contributed by atoms with E-state index < -0.39 is 0 Å². The van der Waals surface area contributed by atoms with Gasteiger partial charge in [0.25, 0.3) is 0 Å². The molecule has 0 atom stereocenters. The van der Waals surface area contributed by atoms with Crippen LogP contribution < -0.4 is 5.73 Å². The molecule has 0 aliphatic rings. The van der Waals surface area contributed by atoms with Gasteiger partial charge in [0.1, 0.15) is 0 Å². The predicted octanol–water partition coefficient (Wildman–Crippen LogP) is 1.68. The summed E-state index contributed by atoms with van der Waals surface area (Å²) in [5.41, 5.74) is 7.70. The van der Waals surface area contributed by atoms with Crippen LogP contribution in [0.25, 0.3) is 17.0 Å². The Balaban J connectivity index is 2.08. The van der Waals surface area contributed by atoms with Crippen LogP contribution in [0.2, 0.25) is 0 Å². The number of H-pyrrole nitrogens is 1. The third-order valence-electron chi connectivity index (χ3n) is 2.73. The summed E-state index contributed by atoms with van der Waals surface area (Å²) < 4.78 is 1.55. The van der Waals surface area contributed by atoms with Gasteiger partial charge in [0.05, 0.1) is 11.0 Å². The molecule has 0 radical (unpaired) electrons. The van der Waals surface area contributed by atoms with Crippen molar-refractivity contribution in [3.8, 4) is 5.95 Å². The third kappa shape index (κ3) is 1.71. The highest BCUT2D eigenvalue weighted by molar-refractivity contribution is 5.76. The molecule has 0 fully saturated rings. The van der Waals surface area contributed by atoms with Crippen LogP contribution in [0.15, 0.2) is 24.3 Å². The fourth-order valence-corrected chi connectivity index (χ4v) is 1.89. The number of aryl methyl sites for hydroxylation is 1. The van der Waals surface area contributed by atoms with Crippen LogP contribution in [0, 0.1) is 0 Å². The molecule has 3 rings (SSSR count). The number of nitrogen functional groups attached to an aromatic ring is 1. The molecule has 18 heavy (non-hydrogen) atoms. The monoisotopic (exact) mass is 242 g/mol. The van der Waals surface area contributed by atoms with Gasteiger partial charge in [-0.1, -0.05) is 19.1 Å². The van der Waals surface area contributed by atoms with Crippen molar-refractivity contribution in [3.05, 3.63) is 30.1 Å². The standard InChI is InChI=1S/C12H14N6/c1-2-5-10-16-11(13)18(17-10)12-14-8-6-3-4-7-9(8)15-12/h3-4,6-7H,2,5H2,1H3,(H,14,15)(H2,13,16,17). The zero-order chi connectivity index (χ0) is 12.5. The van der Waals surface area contributed by atoms with Crippen molar-refractivity contribution in [2.75, 3.05) is 5.73 Å². The molecule has 0 bridgehead atoms. The third-order valence-corrected chi connectivity index (χ3v) is 2.73. The molecule has 92 valence electrons. The second-order valence-electron chi connectivity index (χ2n) is 4.13. The van der Waals surface area contributed by atoms with Gasteiger partial charge in [0.15, 0.2) is 5.82 Å². The number of para-hydroxylation sites is 2. The molecule has 0 saturated carbocycles. The summed E-state index contributed by atoms with van der Waals surface area (Å²) in [5.74, 6) is 1.71. The first kappa shape index (κ1) is 10.8. The molecular formula is C12H14N6. The minimum Gasteiger partial charge on any atom is -0.368 e. The van der Waals surface area contributed by atoms with E-state index in [1.165, 1.54) is 0 Å². The zero-order valence-corrected chi connectivity index (χ0v) is 10.1. The number of benzene rings is 1. The van der Waals surface area contributed by atoms with Crippen LogP contribution in [0.1, 0.15) is 19.2 Å². The van der Waals surface area contributed by atoms with Crippen molar-refractivity contribution in [2.45, 2.75) is 19.8 Å². The average molecular weight is 242 g/mol. The number of fused-ring (bicyclic) bond motifs is 1. The summed E-state index contributed by atoms with van der Waals surface area (Å²) >= 11 is 0. The maximum Gasteiger partial charge on any atom is 0.232 e. The Kier molecular flexibility index (Phi) is 2.47. The van der Waals surface area contributed by atoms with Gasteiger partial charge in [0, 0.05) is 6.42 Å². The van der Waals surface area contributed by atoms with Gasteiger partial charge >= 0.3 is 0 Å². The van der Waals surface area contributed by atoms with E-state index in [2.05, 4.69) is 27.0 Å². The first-order valence-corrected chi connectivity index (χ1v) is 5.94. The van der Waals surface area contributed by atoms with Crippen LogP contribution in [0.5, 0.6) is 0 Å². The molecule has 1 aromatic carbocycles. The minimum absolute atomic E-state index is 0.359. The number of anilines is 1. The summed E-state index contributed by atoms with van der Waals surface area (Å²) in [7, 11) is 0. The Morgan fingerprint density at radius 2 is 2.11 bits per heavy atom. The molecule has 3 N–H and O–H groups in total. The van der Waals surface area contributed by atoms with Crippen LogP contribution >= 0.6 is 0 Å². The molecule has 0 aliphatic carbocycles. The summed E-state index contributed by atoms with van der Waals surface area (Å²) in [6, 6.07) is 7.80. The highest BCUT2D eigenvalue weighted by Gasteiger charge is 2.11. The summed E-state index contributed by atoms with van der Waals surface area (Å²) in [6.07, 6.45) is 1.81. The number of imidazole rings is 1. The Hall–Kier alpha value is -2.37. The fraction of sp³-hybridized carbons (Fsp3) is 0.250. The van der Waals surface area contributed by atoms with Crippen molar-refractivity contribution in [1.29, 1.82) is 0 Å². The van der Waals surface area contributed by atoms with E-state index in [0.717, 1.165) is 29.7 Å². The van der Waals surface area contributed by atoms with E-state index in [1.54, 1.807) is 4.68 Å². The molecule has 2 aromatic heterocycles. The molecule has 3 aromatic rings. The number of hydrogen-bond acceptors (Lipinski definition) is 4. The number of aromatic amines is 1. The molecule has 0 spiro atoms. The number of nitrogens with zero attached hydrogens (tertiary/aromatic N) is 4. The largest absolute Gasteiger partial charge is 0.368 e. The zero-order valence-electron chi connectivity index (χ0n) is 10.1. The lowest BCUT2D eigenvalue weighted by atomic mass is 10.3. The van der Waals surface area contributed by atoms with Crippen molar-refractivity contribution < 1.29 is 0 Å². The van der Waals surface area contributed by atoms with Gasteiger partial charge in [-0.2, -0.15) is 9.67 Å². The lowest BCUT2D eigenvalue weighted by Gasteiger charge is -1.95. The molecule has 2 heterocycles. The number of nitrogens with two attached hydrogens (primary N) is 1. The van der Waals surface area contributed by atoms with Crippen molar-refractivity contribution in [2.24, 2.45) is 0 Å². The van der Waals surface area contributed by atoms with Crippen molar-refractivity contribution in [1.82, 2.24) is 24.7 Å². The second-order valence-corrected chi connectivity index (χ2v) is 4.13. The Morgan fingerprint density at radius 1 is 1.28 bits per heavy atom. The van der Waals surface area contributed by atoms with Gasteiger partial charge in [-0.25, -0.2) is 4.98 Å². The lowest BCUT2D eigenvalue weighted by Crippen LogP contribution is -2.04. The first-order valence-electron chi connectivity index (χ1n) is 5.94. The second kappa shape index (κ2) is 4.14. The van der Waals surface area contributed by atoms with E-state index in [9.17, 15) is 0 Å². The Bertz CT molecular complexity index is 648. The van der Waals surface area contributed by atoms with Gasteiger partial charge in [-0.15, -0.1) is 5.10 Å². The molecule has 0 unspecified atom stereocenters. The first-order chi connectivity index (χ1) is 8.78. The topological polar surface area (TPSA) is 85.4 Å². The molecule has 0 aliphatic heterocycles. The molecule has 6 nitrogen and oxygen atoms in total. The van der Waals surface area contributed by atoms with E-state index in [1.807, 2.05) is 24.3 Å². The number of rotatable bonds is 3. The van der Waals surface area contributed by atoms with E-state index in [-0.39, 0.29) is 0 Å². The molecular weight excluding hydrogens is 228 g/mol. The average Bonchev–Trinajstić information content (AvgIpc) is 2.92. The predicted molar refractivity (Wildman–Crippen MR) is 69.4 cm³/mol. The van der Waals surface area contributed by atoms with E-state index >= 15 is 0 Å². The van der Waals surface area contributed by atoms with Gasteiger partial charge in [-0.3, -0.25) is 0 Å². The maximum atomic E-state index is 5.85. The summed E-state index contributed by atoms with van der Waals surface area (Å²) in [4.78, 5) is 11.8. The van der Waals surface area contributed by atoms with E-state index in [4.69, 9.17) is 5.73 Å². The molecule has 0 saturated heterocycles. The van der Waals surface area contributed by atoms with Crippen LogP contribution in [-0.4, -0.2) is 24.7 Å². The SMILES string of the molecule is CCCc1nc(N)n(-c2nc3ccccc3[nH]2)n1. The fourth-order valence-electron chi connectivity index (χ4n) is 1.89. The van der Waals surface area contributed by atoms with Crippen molar-refractivity contribution in [3.63, 3.8) is 0 Å². The van der Waals surface area contributed by atoms with Gasteiger partial charge < -0.3 is 10.7 Å². The van der Waals surface area contributed by atoms with Crippen molar-refractivity contribution >= 4 is 17.0 Å². The maximum absolute atomic E-state index is 5.85. The highest BCUT2D eigenvalue weighted by atomic mass is 15.4. The summed E-state index contributed by atoms with van der Waals surface area (Å²) in [5, 5.41) is 4.35. The quantitative estimate of drug-likeness (QED) is 0.731. The van der Waals surface area contributed by atoms with Crippen LogP contribution in [-0.2, 0) is 6.42 Å². The lowest BCUT2D eigenvalue weighted by molar-refractivity contribution is 0.780. The number of hydrogen-bond donors (Lipinski definition) is 2. The normalized spacial score (nSPS) is 11.2. The minimum atomic E-state index is 0.359. The van der Waals surface area contributed by atoms with Crippen LogP contribution in [0.3, 0.4) is 0 Å². The highest BCUT2D eigenvalue weighted by Crippen LogP contribution is 2.15. The van der Waals surface area contributed by atoms with Crippen LogP contribution in [0.4, 0.5) is 5.95 Å². The van der Waals surface area contributed by atoms with Gasteiger partial charge in [-0.05, 0) is 18.6 Å². The molecule has 6 heteroatoms. The number of aromatic nitrogens is 5. The number of nitrogens with one attached hydrogen (secondary N) is 1. The van der Waals surface area contributed by atoms with E-state index in [0.29, 0.717) is 11.9 Å². The van der Waals surface area contributed by atoms with Gasteiger partial charge in [0.2, 0.25) is 11.9 Å². The molecule has 0 amide bonds. The summed E-state index contributed by atoms with van der Waals surface area (Å²) in [6.45, 7) is 2.08.